The molecule has 2 aromatic carbocycles. The lowest BCUT2D eigenvalue weighted by atomic mass is 10.2. The molecule has 0 radical (unpaired) electrons. The lowest BCUT2D eigenvalue weighted by Crippen LogP contribution is -2.20. The maximum Gasteiger partial charge on any atom is 0.294 e. The molecule has 0 saturated carbocycles. The molecule has 0 aliphatic rings. The Kier molecular flexibility index (Phi) is 5.81. The molecule has 1 amide bonds. The average molecular weight is 420 g/mol. The topological polar surface area (TPSA) is 81.5 Å². The zero-order valence-electron chi connectivity index (χ0n) is 11.4. The summed E-state index contributed by atoms with van der Waals surface area (Å²) in [6, 6.07) is 8.89. The second kappa shape index (κ2) is 7.63. The number of nitro benzene ring substituents is 1. The van der Waals surface area contributed by atoms with Crippen molar-refractivity contribution in [3.05, 3.63) is 61.0 Å². The van der Waals surface area contributed by atoms with Gasteiger partial charge in [-0.3, -0.25) is 14.9 Å². The highest BCUT2D eigenvalue weighted by Crippen LogP contribution is 2.29. The lowest BCUT2D eigenvalue weighted by molar-refractivity contribution is -0.383. The van der Waals surface area contributed by atoms with E-state index in [-0.39, 0.29) is 23.0 Å². The summed E-state index contributed by atoms with van der Waals surface area (Å²) in [5, 5.41) is 13.9. The summed E-state index contributed by atoms with van der Waals surface area (Å²) in [6.07, 6.45) is 0. The number of carbonyl (C=O) groups excluding carboxylic acids is 1. The minimum Gasteiger partial charge on any atom is -0.482 e. The molecular weight excluding hydrogens is 411 g/mol. The van der Waals surface area contributed by atoms with Crippen LogP contribution in [0.2, 0.25) is 10.0 Å². The number of amides is 1. The molecule has 0 aliphatic heterocycles. The van der Waals surface area contributed by atoms with Gasteiger partial charge in [0.15, 0.2) is 6.61 Å². The van der Waals surface area contributed by atoms with Crippen LogP contribution in [-0.4, -0.2) is 17.4 Å². The fourth-order valence-electron chi connectivity index (χ4n) is 1.68. The monoisotopic (exact) mass is 418 g/mol. The number of halogens is 3. The molecule has 120 valence electrons. The predicted octanol–water partition coefficient (Wildman–Crippen LogP) is 4.68. The van der Waals surface area contributed by atoms with Crippen LogP contribution in [0.4, 0.5) is 11.4 Å². The van der Waals surface area contributed by atoms with Gasteiger partial charge in [-0.1, -0.05) is 39.1 Å². The molecule has 2 aromatic rings. The van der Waals surface area contributed by atoms with Gasteiger partial charge >= 0.3 is 0 Å². The van der Waals surface area contributed by atoms with Crippen LogP contribution in [0.25, 0.3) is 0 Å². The summed E-state index contributed by atoms with van der Waals surface area (Å²) in [4.78, 5) is 22.2. The van der Waals surface area contributed by atoms with E-state index in [9.17, 15) is 14.9 Å². The van der Waals surface area contributed by atoms with Crippen molar-refractivity contribution in [3.8, 4) is 5.75 Å². The van der Waals surface area contributed by atoms with Crippen LogP contribution in [0, 0.1) is 10.1 Å². The molecule has 2 rings (SSSR count). The van der Waals surface area contributed by atoms with Crippen molar-refractivity contribution in [2.45, 2.75) is 0 Å². The van der Waals surface area contributed by atoms with Gasteiger partial charge in [0.2, 0.25) is 0 Å². The molecule has 0 aliphatic carbocycles. The first-order valence-corrected chi connectivity index (χ1v) is 7.73. The number of carbonyl (C=O) groups is 1. The highest BCUT2D eigenvalue weighted by molar-refractivity contribution is 9.10. The van der Waals surface area contributed by atoms with Crippen molar-refractivity contribution in [1.82, 2.24) is 0 Å². The maximum atomic E-state index is 11.9. The Bertz CT molecular complexity index is 770. The standard InChI is InChI=1S/C14H9BrCl2N2O4/c15-8-1-4-13(10(17)5-8)23-7-14(20)18-11-3-2-9(16)6-12(11)19(21)22/h1-6H,7H2,(H,18,20). The van der Waals surface area contributed by atoms with E-state index in [1.165, 1.54) is 12.1 Å². The van der Waals surface area contributed by atoms with Crippen molar-refractivity contribution in [2.75, 3.05) is 11.9 Å². The van der Waals surface area contributed by atoms with Crippen LogP contribution in [-0.2, 0) is 4.79 Å². The zero-order chi connectivity index (χ0) is 17.0. The third kappa shape index (κ3) is 4.82. The third-order valence-corrected chi connectivity index (χ3v) is 3.71. The highest BCUT2D eigenvalue weighted by atomic mass is 79.9. The molecule has 0 fully saturated rings. The molecular formula is C14H9BrCl2N2O4. The van der Waals surface area contributed by atoms with E-state index in [4.69, 9.17) is 27.9 Å². The van der Waals surface area contributed by atoms with E-state index in [0.29, 0.717) is 10.8 Å². The number of hydrogen-bond donors (Lipinski definition) is 1. The van der Waals surface area contributed by atoms with Gasteiger partial charge in [0, 0.05) is 15.6 Å². The minimum atomic E-state index is -0.631. The first kappa shape index (κ1) is 17.5. The lowest BCUT2D eigenvalue weighted by Gasteiger charge is -2.09. The van der Waals surface area contributed by atoms with Gasteiger partial charge in [-0.15, -0.1) is 0 Å². The van der Waals surface area contributed by atoms with Gasteiger partial charge in [-0.05, 0) is 30.3 Å². The zero-order valence-corrected chi connectivity index (χ0v) is 14.5. The minimum absolute atomic E-state index is 0.0369. The van der Waals surface area contributed by atoms with Gasteiger partial charge in [0.05, 0.1) is 9.95 Å². The molecule has 0 aromatic heterocycles. The van der Waals surface area contributed by atoms with E-state index in [2.05, 4.69) is 21.2 Å². The summed E-state index contributed by atoms with van der Waals surface area (Å²) in [6.45, 7) is -0.346. The van der Waals surface area contributed by atoms with Crippen molar-refractivity contribution in [3.63, 3.8) is 0 Å². The van der Waals surface area contributed by atoms with E-state index in [1.807, 2.05) is 0 Å². The van der Waals surface area contributed by atoms with Crippen LogP contribution in [0.5, 0.6) is 5.75 Å². The number of anilines is 1. The van der Waals surface area contributed by atoms with Crippen molar-refractivity contribution >= 4 is 56.4 Å². The fourth-order valence-corrected chi connectivity index (χ4v) is 2.58. The second-order valence-corrected chi connectivity index (χ2v) is 6.09. The largest absolute Gasteiger partial charge is 0.482 e. The van der Waals surface area contributed by atoms with Crippen LogP contribution in [0.3, 0.4) is 0 Å². The summed E-state index contributed by atoms with van der Waals surface area (Å²) < 4.78 is 6.06. The molecule has 6 nitrogen and oxygen atoms in total. The van der Waals surface area contributed by atoms with Gasteiger partial charge in [0.1, 0.15) is 11.4 Å². The number of benzene rings is 2. The Morgan fingerprint density at radius 1 is 1.26 bits per heavy atom. The van der Waals surface area contributed by atoms with Crippen molar-refractivity contribution < 1.29 is 14.5 Å². The number of nitro groups is 1. The Morgan fingerprint density at radius 2 is 2.00 bits per heavy atom. The predicted molar refractivity (Wildman–Crippen MR) is 91.4 cm³/mol. The number of nitrogens with zero attached hydrogens (tertiary/aromatic N) is 1. The van der Waals surface area contributed by atoms with E-state index < -0.39 is 10.8 Å². The second-order valence-electron chi connectivity index (χ2n) is 4.33. The molecule has 1 N–H and O–H groups in total. The smallest absolute Gasteiger partial charge is 0.294 e. The highest BCUT2D eigenvalue weighted by Gasteiger charge is 2.17. The molecule has 0 bridgehead atoms. The summed E-state index contributed by atoms with van der Waals surface area (Å²) >= 11 is 14.9. The molecule has 0 atom stereocenters. The third-order valence-electron chi connectivity index (χ3n) is 2.68. The Morgan fingerprint density at radius 3 is 2.65 bits per heavy atom. The van der Waals surface area contributed by atoms with Gasteiger partial charge in [0.25, 0.3) is 11.6 Å². The summed E-state index contributed by atoms with van der Waals surface area (Å²) in [5.41, 5.74) is -0.262. The van der Waals surface area contributed by atoms with Gasteiger partial charge in [-0.25, -0.2) is 0 Å². The van der Waals surface area contributed by atoms with Crippen LogP contribution < -0.4 is 10.1 Å². The van der Waals surface area contributed by atoms with Crippen molar-refractivity contribution in [2.24, 2.45) is 0 Å². The van der Waals surface area contributed by atoms with E-state index in [0.717, 1.165) is 10.5 Å². The number of nitrogens with one attached hydrogen (secondary N) is 1. The number of ether oxygens (including phenoxy) is 1. The molecule has 23 heavy (non-hydrogen) atoms. The van der Waals surface area contributed by atoms with Crippen molar-refractivity contribution in [1.29, 1.82) is 0 Å². The van der Waals surface area contributed by atoms with E-state index in [1.54, 1.807) is 18.2 Å². The first-order chi connectivity index (χ1) is 10.9. The van der Waals surface area contributed by atoms with Crippen LogP contribution in [0.15, 0.2) is 40.9 Å². The summed E-state index contributed by atoms with van der Waals surface area (Å²) in [7, 11) is 0. The van der Waals surface area contributed by atoms with Crippen LogP contribution >= 0.6 is 39.1 Å². The first-order valence-electron chi connectivity index (χ1n) is 6.18. The molecule has 0 unspecified atom stereocenters. The Hall–Kier alpha value is -1.83. The number of rotatable bonds is 5. The fraction of sp³-hybridized carbons (Fsp3) is 0.0714. The average Bonchev–Trinajstić information content (AvgIpc) is 2.48. The normalized spacial score (nSPS) is 10.2. The Balaban J connectivity index is 2.04. The van der Waals surface area contributed by atoms with Gasteiger partial charge < -0.3 is 10.1 Å². The molecule has 0 heterocycles. The number of hydrogen-bond acceptors (Lipinski definition) is 4. The Labute approximate surface area is 149 Å². The van der Waals surface area contributed by atoms with E-state index >= 15 is 0 Å². The summed E-state index contributed by atoms with van der Waals surface area (Å²) in [5.74, 6) is -0.231. The van der Waals surface area contributed by atoms with Gasteiger partial charge in [-0.2, -0.15) is 0 Å². The quantitative estimate of drug-likeness (QED) is 0.563. The molecule has 0 spiro atoms. The molecule has 0 saturated heterocycles. The maximum absolute atomic E-state index is 11.9. The SMILES string of the molecule is O=C(COc1ccc(Br)cc1Cl)Nc1ccc(Cl)cc1[N+](=O)[O-]. The van der Waals surface area contributed by atoms with Crippen LogP contribution in [0.1, 0.15) is 0 Å². The molecule has 9 heteroatoms.